The third kappa shape index (κ3) is 4.50. The molecule has 6 nitrogen and oxygen atoms in total. The highest BCUT2D eigenvalue weighted by atomic mass is 16.5. The van der Waals surface area contributed by atoms with Gasteiger partial charge in [-0.25, -0.2) is 0 Å². The molecule has 0 aliphatic carbocycles. The van der Waals surface area contributed by atoms with Gasteiger partial charge in [-0.1, -0.05) is 18.2 Å². The highest BCUT2D eigenvalue weighted by Crippen LogP contribution is 2.31. The normalized spacial score (nSPS) is 14.3. The monoisotopic (exact) mass is 400 g/mol. The third-order valence-electron chi connectivity index (χ3n) is 4.39. The molecule has 2 N–H and O–H groups in total. The molecule has 0 atom stereocenters. The summed E-state index contributed by atoms with van der Waals surface area (Å²) in [6, 6.07) is 16.4. The predicted octanol–water partition coefficient (Wildman–Crippen LogP) is 4.92. The second-order valence-electron chi connectivity index (χ2n) is 7.00. The van der Waals surface area contributed by atoms with E-state index in [2.05, 4.69) is 10.6 Å². The molecule has 0 saturated carbocycles. The maximum absolute atomic E-state index is 12.2. The maximum atomic E-state index is 12.2. The number of fused-ring (bicyclic) bond motifs is 1. The van der Waals surface area contributed by atoms with Crippen LogP contribution in [0.15, 0.2) is 70.8 Å². The number of furan rings is 1. The number of benzene rings is 2. The van der Waals surface area contributed by atoms with Crippen LogP contribution in [0.25, 0.3) is 12.2 Å². The van der Waals surface area contributed by atoms with Gasteiger partial charge in [0.05, 0.1) is 5.69 Å². The van der Waals surface area contributed by atoms with Crippen LogP contribution >= 0.6 is 0 Å². The fourth-order valence-electron chi connectivity index (χ4n) is 3.16. The van der Waals surface area contributed by atoms with Gasteiger partial charge in [0.15, 0.2) is 11.5 Å². The zero-order chi connectivity index (χ0) is 21.1. The van der Waals surface area contributed by atoms with Gasteiger partial charge in [-0.15, -0.1) is 0 Å². The van der Waals surface area contributed by atoms with E-state index in [1.807, 2.05) is 44.2 Å². The minimum Gasteiger partial charge on any atom is -0.457 e. The van der Waals surface area contributed by atoms with E-state index in [0.717, 1.165) is 16.8 Å². The molecule has 0 fully saturated rings. The van der Waals surface area contributed by atoms with Gasteiger partial charge in [0.1, 0.15) is 11.5 Å². The highest BCUT2D eigenvalue weighted by molar-refractivity contribution is 6.08. The fraction of sp³-hybridized carbons (Fsp3) is 0.0833. The number of hydrogen-bond donors (Lipinski definition) is 2. The molecule has 1 aliphatic heterocycles. The van der Waals surface area contributed by atoms with Crippen LogP contribution in [-0.4, -0.2) is 11.8 Å². The first-order valence-corrected chi connectivity index (χ1v) is 9.43. The molecule has 1 aliphatic rings. The number of rotatable bonds is 4. The number of aryl methyl sites for hydroxylation is 2. The van der Waals surface area contributed by atoms with E-state index >= 15 is 0 Å². The van der Waals surface area contributed by atoms with Gasteiger partial charge in [0.25, 0.3) is 5.91 Å². The lowest BCUT2D eigenvalue weighted by atomic mass is 10.1. The Morgan fingerprint density at radius 2 is 1.73 bits per heavy atom. The molecule has 0 bridgehead atoms. The van der Waals surface area contributed by atoms with Crippen molar-refractivity contribution in [1.82, 2.24) is 0 Å². The zero-order valence-electron chi connectivity index (χ0n) is 16.6. The van der Waals surface area contributed by atoms with Crippen molar-refractivity contribution >= 4 is 35.3 Å². The van der Waals surface area contributed by atoms with E-state index in [4.69, 9.17) is 9.15 Å². The molecule has 6 heteroatoms. The Labute approximate surface area is 173 Å². The lowest BCUT2D eigenvalue weighted by Crippen LogP contribution is -2.23. The minimum absolute atomic E-state index is 0.131. The first-order chi connectivity index (χ1) is 14.5. The predicted molar refractivity (Wildman–Crippen MR) is 116 cm³/mol. The van der Waals surface area contributed by atoms with Crippen molar-refractivity contribution in [3.05, 3.63) is 89.1 Å². The second-order valence-corrected chi connectivity index (χ2v) is 7.00. The molecule has 3 aromatic rings. The van der Waals surface area contributed by atoms with Crippen LogP contribution in [0.2, 0.25) is 0 Å². The third-order valence-corrected chi connectivity index (χ3v) is 4.39. The molecule has 0 saturated heterocycles. The number of para-hydroxylation sites is 2. The summed E-state index contributed by atoms with van der Waals surface area (Å²) in [5.74, 6) is 1.00. The number of nitrogens with one attached hydrogen (secondary N) is 2. The Morgan fingerprint density at radius 3 is 2.53 bits per heavy atom. The van der Waals surface area contributed by atoms with Gasteiger partial charge in [-0.05, 0) is 67.4 Å². The number of hydrogen-bond acceptors (Lipinski definition) is 4. The van der Waals surface area contributed by atoms with E-state index in [-0.39, 0.29) is 17.6 Å². The average Bonchev–Trinajstić information content (AvgIpc) is 3.13. The average molecular weight is 400 g/mol. The summed E-state index contributed by atoms with van der Waals surface area (Å²) in [7, 11) is 0. The van der Waals surface area contributed by atoms with Crippen molar-refractivity contribution in [3.8, 4) is 5.75 Å². The molecule has 2 aromatic carbocycles. The van der Waals surface area contributed by atoms with Crippen molar-refractivity contribution in [3.63, 3.8) is 0 Å². The molecule has 30 heavy (non-hydrogen) atoms. The first kappa shape index (κ1) is 19.3. The van der Waals surface area contributed by atoms with Crippen molar-refractivity contribution in [1.29, 1.82) is 0 Å². The Morgan fingerprint density at radius 1 is 1.00 bits per heavy atom. The quantitative estimate of drug-likeness (QED) is 0.609. The van der Waals surface area contributed by atoms with Crippen LogP contribution < -0.4 is 15.4 Å². The van der Waals surface area contributed by atoms with E-state index in [1.54, 1.807) is 30.3 Å². The largest absolute Gasteiger partial charge is 0.457 e. The van der Waals surface area contributed by atoms with Gasteiger partial charge in [-0.2, -0.15) is 0 Å². The minimum atomic E-state index is -0.352. The van der Waals surface area contributed by atoms with Crippen molar-refractivity contribution in [2.45, 2.75) is 13.8 Å². The number of anilines is 2. The van der Waals surface area contributed by atoms with Gasteiger partial charge in [0.2, 0.25) is 5.91 Å². The van der Waals surface area contributed by atoms with Gasteiger partial charge >= 0.3 is 0 Å². The van der Waals surface area contributed by atoms with Crippen molar-refractivity contribution in [2.75, 3.05) is 10.6 Å². The lowest BCUT2D eigenvalue weighted by Gasteiger charge is -2.19. The summed E-state index contributed by atoms with van der Waals surface area (Å²) in [6.07, 6.45) is 4.47. The molecule has 4 rings (SSSR count). The Bertz CT molecular complexity index is 1170. The summed E-state index contributed by atoms with van der Waals surface area (Å²) in [5, 5.41) is 5.60. The number of carbonyl (C=O) groups excluding carboxylic acids is 2. The summed E-state index contributed by atoms with van der Waals surface area (Å²) in [6.45, 7) is 3.96. The van der Waals surface area contributed by atoms with E-state index in [0.29, 0.717) is 23.0 Å². The summed E-state index contributed by atoms with van der Waals surface area (Å²) in [4.78, 5) is 24.4. The molecule has 0 radical (unpaired) electrons. The van der Waals surface area contributed by atoms with E-state index < -0.39 is 0 Å². The second kappa shape index (κ2) is 8.13. The molecule has 0 spiro atoms. The fourth-order valence-corrected chi connectivity index (χ4v) is 3.16. The first-order valence-electron chi connectivity index (χ1n) is 9.43. The SMILES string of the molecule is Cc1cc(C)cc(NC(=O)/C=C/c2ccc(/C=C3\Oc4ccccc4NC3=O)o2)c1. The van der Waals surface area contributed by atoms with Crippen LogP contribution in [0.5, 0.6) is 5.75 Å². The molecule has 2 heterocycles. The van der Waals surface area contributed by atoms with Crippen LogP contribution in [0.1, 0.15) is 22.6 Å². The maximum Gasteiger partial charge on any atom is 0.291 e. The Kier molecular flexibility index (Phi) is 5.22. The summed E-state index contributed by atoms with van der Waals surface area (Å²) >= 11 is 0. The molecular formula is C24H20N2O4. The lowest BCUT2D eigenvalue weighted by molar-refractivity contribution is -0.115. The van der Waals surface area contributed by atoms with Crippen molar-refractivity contribution in [2.24, 2.45) is 0 Å². The van der Waals surface area contributed by atoms with Crippen LogP contribution in [0.4, 0.5) is 11.4 Å². The zero-order valence-corrected chi connectivity index (χ0v) is 16.6. The van der Waals surface area contributed by atoms with Gasteiger partial charge in [0, 0.05) is 17.8 Å². The van der Waals surface area contributed by atoms with Crippen LogP contribution in [0, 0.1) is 13.8 Å². The standard InChI is InChI=1S/C24H20N2O4/c1-15-11-16(2)13-17(12-15)25-23(27)10-9-18-7-8-19(29-18)14-22-24(28)26-20-5-3-4-6-21(20)30-22/h3-14H,1-2H3,(H,25,27)(H,26,28)/b10-9+,22-14-. The summed E-state index contributed by atoms with van der Waals surface area (Å²) in [5.41, 5.74) is 3.52. The van der Waals surface area contributed by atoms with E-state index in [1.165, 1.54) is 12.2 Å². The van der Waals surface area contributed by atoms with Crippen LogP contribution in [-0.2, 0) is 9.59 Å². The molecule has 2 amide bonds. The topological polar surface area (TPSA) is 80.6 Å². The molecule has 150 valence electrons. The van der Waals surface area contributed by atoms with E-state index in [9.17, 15) is 9.59 Å². The molecule has 0 unspecified atom stereocenters. The van der Waals surface area contributed by atoms with Crippen molar-refractivity contribution < 1.29 is 18.7 Å². The molecule has 1 aromatic heterocycles. The number of ether oxygens (including phenoxy) is 1. The Balaban J connectivity index is 1.43. The van der Waals surface area contributed by atoms with Gasteiger partial charge in [-0.3, -0.25) is 9.59 Å². The number of amides is 2. The Hall–Kier alpha value is -4.06. The smallest absolute Gasteiger partial charge is 0.291 e. The van der Waals surface area contributed by atoms with Crippen LogP contribution in [0.3, 0.4) is 0 Å². The molecular weight excluding hydrogens is 380 g/mol. The highest BCUT2D eigenvalue weighted by Gasteiger charge is 2.21. The number of carbonyl (C=O) groups is 2. The van der Waals surface area contributed by atoms with Gasteiger partial charge < -0.3 is 19.8 Å². The summed E-state index contributed by atoms with van der Waals surface area (Å²) < 4.78 is 11.3.